The van der Waals surface area contributed by atoms with Gasteiger partial charge in [-0.05, 0) is 53.2 Å². The van der Waals surface area contributed by atoms with Crippen molar-refractivity contribution < 1.29 is 13.9 Å². The molecule has 5 heteroatoms. The largest absolute Gasteiger partial charge is 0.497 e. The summed E-state index contributed by atoms with van der Waals surface area (Å²) in [5, 5.41) is 0.906. The van der Waals surface area contributed by atoms with Crippen LogP contribution < -0.4 is 4.74 Å². The van der Waals surface area contributed by atoms with Gasteiger partial charge in [-0.15, -0.1) is 11.3 Å². The summed E-state index contributed by atoms with van der Waals surface area (Å²) in [5.41, 5.74) is 1.54. The minimum Gasteiger partial charge on any atom is -0.497 e. The number of hydrogen-bond acceptors (Lipinski definition) is 4. The predicted molar refractivity (Wildman–Crippen MR) is 83.0 cm³/mol. The molecule has 0 saturated carbocycles. The van der Waals surface area contributed by atoms with Crippen LogP contribution in [0.1, 0.15) is 21.0 Å². The van der Waals surface area contributed by atoms with Crippen molar-refractivity contribution in [2.24, 2.45) is 0 Å². The van der Waals surface area contributed by atoms with Crippen LogP contribution in [0.3, 0.4) is 0 Å². The molecule has 0 aliphatic heterocycles. The van der Waals surface area contributed by atoms with Crippen LogP contribution in [0.4, 0.5) is 0 Å². The summed E-state index contributed by atoms with van der Waals surface area (Å²) in [5.74, 6) is 1.05. The van der Waals surface area contributed by atoms with E-state index < -0.39 is 0 Å². The molecule has 0 amide bonds. The third kappa shape index (κ3) is 2.17. The SMILES string of the molecule is COc1ccc2oc(C(=O)c3ccc(Br)s3)c(C)c2c1. The zero-order valence-electron chi connectivity index (χ0n) is 10.9. The van der Waals surface area contributed by atoms with E-state index >= 15 is 0 Å². The first kappa shape index (κ1) is 13.4. The fourth-order valence-corrected chi connectivity index (χ4v) is 3.41. The molecule has 0 aliphatic carbocycles. The summed E-state index contributed by atoms with van der Waals surface area (Å²) in [7, 11) is 1.62. The van der Waals surface area contributed by atoms with E-state index in [4.69, 9.17) is 9.15 Å². The smallest absolute Gasteiger partial charge is 0.238 e. The molecule has 3 nitrogen and oxygen atoms in total. The van der Waals surface area contributed by atoms with Crippen LogP contribution in [0.25, 0.3) is 11.0 Å². The maximum atomic E-state index is 12.5. The maximum absolute atomic E-state index is 12.5. The number of ether oxygens (including phenoxy) is 1. The van der Waals surface area contributed by atoms with Crippen molar-refractivity contribution in [2.75, 3.05) is 7.11 Å². The molecule has 0 spiro atoms. The van der Waals surface area contributed by atoms with Gasteiger partial charge in [0.15, 0.2) is 5.76 Å². The van der Waals surface area contributed by atoms with Crippen molar-refractivity contribution in [1.29, 1.82) is 0 Å². The Morgan fingerprint density at radius 1 is 1.30 bits per heavy atom. The monoisotopic (exact) mass is 350 g/mol. The van der Waals surface area contributed by atoms with Gasteiger partial charge in [0.1, 0.15) is 11.3 Å². The Morgan fingerprint density at radius 2 is 2.10 bits per heavy atom. The molecule has 0 aliphatic rings. The first-order chi connectivity index (χ1) is 9.60. The number of fused-ring (bicyclic) bond motifs is 1. The number of furan rings is 1. The third-order valence-electron chi connectivity index (χ3n) is 3.15. The Bertz CT molecular complexity index is 801. The van der Waals surface area contributed by atoms with E-state index in [1.54, 1.807) is 13.2 Å². The highest BCUT2D eigenvalue weighted by atomic mass is 79.9. The quantitative estimate of drug-likeness (QED) is 0.636. The minimum absolute atomic E-state index is 0.0895. The molecule has 20 heavy (non-hydrogen) atoms. The highest BCUT2D eigenvalue weighted by Crippen LogP contribution is 2.32. The molecule has 3 rings (SSSR count). The second kappa shape index (κ2) is 5.07. The van der Waals surface area contributed by atoms with Gasteiger partial charge < -0.3 is 9.15 Å². The number of carbonyl (C=O) groups is 1. The number of ketones is 1. The first-order valence-corrected chi connectivity index (χ1v) is 7.58. The lowest BCUT2D eigenvalue weighted by Crippen LogP contribution is -1.98. The number of benzene rings is 1. The van der Waals surface area contributed by atoms with Crippen LogP contribution in [0.5, 0.6) is 5.75 Å². The van der Waals surface area contributed by atoms with E-state index in [0.29, 0.717) is 16.2 Å². The van der Waals surface area contributed by atoms with Gasteiger partial charge in [0.25, 0.3) is 0 Å². The summed E-state index contributed by atoms with van der Waals surface area (Å²) in [6, 6.07) is 9.18. The van der Waals surface area contributed by atoms with Gasteiger partial charge in [-0.25, -0.2) is 0 Å². The minimum atomic E-state index is -0.0895. The first-order valence-electron chi connectivity index (χ1n) is 5.97. The van der Waals surface area contributed by atoms with Gasteiger partial charge in [0.05, 0.1) is 15.8 Å². The number of carbonyl (C=O) groups excluding carboxylic acids is 1. The van der Waals surface area contributed by atoms with Crippen molar-refractivity contribution in [3.63, 3.8) is 0 Å². The van der Waals surface area contributed by atoms with Gasteiger partial charge >= 0.3 is 0 Å². The summed E-state index contributed by atoms with van der Waals surface area (Å²) in [6.45, 7) is 1.89. The molecule has 3 aromatic rings. The number of hydrogen-bond donors (Lipinski definition) is 0. The molecule has 0 radical (unpaired) electrons. The zero-order valence-corrected chi connectivity index (χ0v) is 13.3. The van der Waals surface area contributed by atoms with Crippen molar-refractivity contribution in [2.45, 2.75) is 6.92 Å². The third-order valence-corrected chi connectivity index (χ3v) is 4.77. The highest BCUT2D eigenvalue weighted by molar-refractivity contribution is 9.11. The topological polar surface area (TPSA) is 39.4 Å². The van der Waals surface area contributed by atoms with E-state index in [-0.39, 0.29) is 5.78 Å². The Balaban J connectivity index is 2.12. The van der Waals surface area contributed by atoms with Gasteiger partial charge in [-0.1, -0.05) is 0 Å². The molecule has 0 unspecified atom stereocenters. The Morgan fingerprint density at radius 3 is 2.75 bits per heavy atom. The van der Waals surface area contributed by atoms with E-state index in [9.17, 15) is 4.79 Å². The molecule has 0 saturated heterocycles. The summed E-state index contributed by atoms with van der Waals surface area (Å²) in [4.78, 5) is 13.1. The lowest BCUT2D eigenvalue weighted by molar-refractivity contribution is 0.101. The Labute approximate surface area is 128 Å². The van der Waals surface area contributed by atoms with Crippen LogP contribution in [0.15, 0.2) is 38.5 Å². The maximum Gasteiger partial charge on any atom is 0.238 e. The molecule has 102 valence electrons. The lowest BCUT2D eigenvalue weighted by Gasteiger charge is -1.97. The molecule has 2 aromatic heterocycles. The molecule has 0 atom stereocenters. The molecule has 1 aromatic carbocycles. The van der Waals surface area contributed by atoms with Crippen LogP contribution in [0, 0.1) is 6.92 Å². The molecular weight excluding hydrogens is 340 g/mol. The summed E-state index contributed by atoms with van der Waals surface area (Å²) >= 11 is 4.76. The summed E-state index contributed by atoms with van der Waals surface area (Å²) < 4.78 is 11.8. The average Bonchev–Trinajstić information content (AvgIpc) is 3.02. The number of halogens is 1. The Kier molecular flexibility index (Phi) is 3.40. The zero-order chi connectivity index (χ0) is 14.3. The van der Waals surface area contributed by atoms with Gasteiger partial charge in [0.2, 0.25) is 5.78 Å². The molecule has 2 heterocycles. The van der Waals surface area contributed by atoms with Crippen molar-refractivity contribution in [3.8, 4) is 5.75 Å². The lowest BCUT2D eigenvalue weighted by atomic mass is 10.1. The van der Waals surface area contributed by atoms with E-state index in [2.05, 4.69) is 15.9 Å². The normalized spacial score (nSPS) is 10.9. The van der Waals surface area contributed by atoms with Crippen LogP contribution >= 0.6 is 27.3 Å². The Hall–Kier alpha value is -1.59. The predicted octanol–water partition coefficient (Wildman–Crippen LogP) is 4.80. The number of rotatable bonds is 3. The average molecular weight is 351 g/mol. The van der Waals surface area contributed by atoms with Crippen molar-refractivity contribution >= 4 is 44.0 Å². The fraction of sp³-hybridized carbons (Fsp3) is 0.133. The van der Waals surface area contributed by atoms with Crippen molar-refractivity contribution in [3.05, 3.63) is 50.3 Å². The standard InChI is InChI=1S/C15H11BrO3S/c1-8-10-7-9(18-2)3-4-11(10)19-15(8)14(17)12-5-6-13(16)20-12/h3-7H,1-2H3. The molecule has 0 N–H and O–H groups in total. The van der Waals surface area contributed by atoms with E-state index in [1.165, 1.54) is 11.3 Å². The van der Waals surface area contributed by atoms with Crippen LogP contribution in [0.2, 0.25) is 0 Å². The van der Waals surface area contributed by atoms with Crippen LogP contribution in [-0.2, 0) is 0 Å². The molecule has 0 fully saturated rings. The molecular formula is C15H11BrO3S. The highest BCUT2D eigenvalue weighted by Gasteiger charge is 2.20. The van der Waals surface area contributed by atoms with Crippen molar-refractivity contribution in [1.82, 2.24) is 0 Å². The number of aryl methyl sites for hydroxylation is 1. The van der Waals surface area contributed by atoms with E-state index in [1.807, 2.05) is 31.2 Å². The number of thiophene rings is 1. The second-order valence-electron chi connectivity index (χ2n) is 4.35. The van der Waals surface area contributed by atoms with E-state index in [0.717, 1.165) is 20.5 Å². The van der Waals surface area contributed by atoms with Gasteiger partial charge in [-0.3, -0.25) is 4.79 Å². The van der Waals surface area contributed by atoms with Gasteiger partial charge in [0, 0.05) is 10.9 Å². The molecule has 0 bridgehead atoms. The second-order valence-corrected chi connectivity index (χ2v) is 6.81. The number of methoxy groups -OCH3 is 1. The fourth-order valence-electron chi connectivity index (χ4n) is 2.09. The van der Waals surface area contributed by atoms with Crippen LogP contribution in [-0.4, -0.2) is 12.9 Å². The van der Waals surface area contributed by atoms with Gasteiger partial charge in [-0.2, -0.15) is 0 Å². The summed E-state index contributed by atoms with van der Waals surface area (Å²) in [6.07, 6.45) is 0.